The van der Waals surface area contributed by atoms with Crippen LogP contribution in [0.3, 0.4) is 0 Å². The molecule has 7 heteroatoms. The smallest absolute Gasteiger partial charge is 0.326 e. The number of esters is 1. The molecule has 276 valence electrons. The maximum atomic E-state index is 12.7. The number of carbonyl (C=O) groups excluding carboxylic acids is 2. The van der Waals surface area contributed by atoms with E-state index in [0.717, 1.165) is 64.2 Å². The van der Waals surface area contributed by atoms with Gasteiger partial charge in [-0.2, -0.15) is 0 Å². The standard InChI is InChI=1S/C40H76N2O5/c1-3-5-7-9-11-13-14-15-17-19-24-28-34-39(44)47-36(30-25-21-18-16-12-10-8-6-4-2)31-26-22-20-23-27-33-38(43)42-37(40(45)46)32-29-35-41/h11,13,36-37H,3-10,12,14-35,41H2,1-2H3,(H,42,43)(H,45,46)/b13-11-. The summed E-state index contributed by atoms with van der Waals surface area (Å²) in [6, 6.07) is -0.853. The molecule has 0 aromatic rings. The number of aliphatic carboxylic acids is 1. The Hall–Kier alpha value is -1.89. The van der Waals surface area contributed by atoms with Crippen LogP contribution in [-0.4, -0.2) is 41.6 Å². The average molecular weight is 665 g/mol. The minimum Gasteiger partial charge on any atom is -0.480 e. The summed E-state index contributed by atoms with van der Waals surface area (Å²) in [7, 11) is 0. The summed E-state index contributed by atoms with van der Waals surface area (Å²) in [6.45, 7) is 4.91. The number of hydrogen-bond donors (Lipinski definition) is 3. The molecule has 0 radical (unpaired) electrons. The molecule has 0 spiro atoms. The molecule has 7 nitrogen and oxygen atoms in total. The van der Waals surface area contributed by atoms with Crippen molar-refractivity contribution in [3.8, 4) is 0 Å². The Labute approximate surface area is 290 Å². The molecule has 2 atom stereocenters. The summed E-state index contributed by atoms with van der Waals surface area (Å²) in [5.41, 5.74) is 5.47. The van der Waals surface area contributed by atoms with E-state index in [1.807, 2.05) is 0 Å². The van der Waals surface area contributed by atoms with E-state index in [-0.39, 0.29) is 18.0 Å². The third kappa shape index (κ3) is 32.4. The van der Waals surface area contributed by atoms with Gasteiger partial charge >= 0.3 is 11.9 Å². The highest BCUT2D eigenvalue weighted by Crippen LogP contribution is 2.19. The van der Waals surface area contributed by atoms with Crippen molar-refractivity contribution >= 4 is 17.8 Å². The molecule has 4 N–H and O–H groups in total. The van der Waals surface area contributed by atoms with E-state index in [4.69, 9.17) is 10.5 Å². The van der Waals surface area contributed by atoms with Gasteiger partial charge in [0.2, 0.25) is 5.91 Å². The average Bonchev–Trinajstić information content (AvgIpc) is 3.05. The predicted molar refractivity (Wildman–Crippen MR) is 197 cm³/mol. The monoisotopic (exact) mass is 665 g/mol. The maximum absolute atomic E-state index is 12.7. The van der Waals surface area contributed by atoms with Crippen LogP contribution < -0.4 is 11.1 Å². The van der Waals surface area contributed by atoms with E-state index in [1.54, 1.807) is 0 Å². The topological polar surface area (TPSA) is 119 Å². The van der Waals surface area contributed by atoms with Crippen LogP contribution in [0.25, 0.3) is 0 Å². The van der Waals surface area contributed by atoms with Crippen molar-refractivity contribution in [3.63, 3.8) is 0 Å². The lowest BCUT2D eigenvalue weighted by Gasteiger charge is -2.18. The van der Waals surface area contributed by atoms with Gasteiger partial charge in [-0.25, -0.2) is 4.79 Å². The summed E-state index contributed by atoms with van der Waals surface area (Å²) in [5, 5.41) is 11.9. The molecule has 0 aliphatic carbocycles. The van der Waals surface area contributed by atoms with Gasteiger partial charge in [0.1, 0.15) is 12.1 Å². The Bertz CT molecular complexity index is 757. The Morgan fingerprint density at radius 1 is 0.596 bits per heavy atom. The minimum atomic E-state index is -1.00. The zero-order valence-corrected chi connectivity index (χ0v) is 30.9. The largest absolute Gasteiger partial charge is 0.480 e. The zero-order valence-electron chi connectivity index (χ0n) is 30.9. The first-order valence-corrected chi connectivity index (χ1v) is 20.0. The van der Waals surface area contributed by atoms with E-state index in [1.165, 1.54) is 103 Å². The molecule has 0 aromatic carbocycles. The number of carboxylic acids is 1. The molecular weight excluding hydrogens is 588 g/mol. The van der Waals surface area contributed by atoms with Gasteiger partial charge in [-0.05, 0) is 83.6 Å². The Morgan fingerprint density at radius 2 is 1.04 bits per heavy atom. The highest BCUT2D eigenvalue weighted by molar-refractivity contribution is 5.83. The maximum Gasteiger partial charge on any atom is 0.326 e. The second-order valence-corrected chi connectivity index (χ2v) is 13.7. The first-order valence-electron chi connectivity index (χ1n) is 20.0. The highest BCUT2D eigenvalue weighted by atomic mass is 16.5. The van der Waals surface area contributed by atoms with Crippen LogP contribution in [-0.2, 0) is 19.1 Å². The van der Waals surface area contributed by atoms with Gasteiger partial charge in [0.25, 0.3) is 0 Å². The molecule has 47 heavy (non-hydrogen) atoms. The van der Waals surface area contributed by atoms with Crippen molar-refractivity contribution in [2.75, 3.05) is 6.54 Å². The number of amides is 1. The van der Waals surface area contributed by atoms with Gasteiger partial charge in [0, 0.05) is 12.8 Å². The van der Waals surface area contributed by atoms with Crippen LogP contribution in [0.1, 0.15) is 206 Å². The molecule has 0 aliphatic rings. The second-order valence-electron chi connectivity index (χ2n) is 13.7. The Balaban J connectivity index is 4.28. The molecule has 0 saturated carbocycles. The van der Waals surface area contributed by atoms with Crippen molar-refractivity contribution in [2.24, 2.45) is 5.73 Å². The predicted octanol–water partition coefficient (Wildman–Crippen LogP) is 10.7. The third-order valence-corrected chi connectivity index (χ3v) is 9.08. The van der Waals surface area contributed by atoms with Gasteiger partial charge in [-0.15, -0.1) is 0 Å². The highest BCUT2D eigenvalue weighted by Gasteiger charge is 2.19. The van der Waals surface area contributed by atoms with Crippen LogP contribution in [0.4, 0.5) is 0 Å². The van der Waals surface area contributed by atoms with E-state index >= 15 is 0 Å². The first kappa shape index (κ1) is 45.1. The zero-order chi connectivity index (χ0) is 34.6. The summed E-state index contributed by atoms with van der Waals surface area (Å²) in [4.78, 5) is 36.2. The van der Waals surface area contributed by atoms with Gasteiger partial charge in [-0.1, -0.05) is 129 Å². The van der Waals surface area contributed by atoms with Gasteiger partial charge < -0.3 is 20.9 Å². The van der Waals surface area contributed by atoms with Crippen LogP contribution in [0.15, 0.2) is 12.2 Å². The molecule has 0 heterocycles. The summed E-state index contributed by atoms with van der Waals surface area (Å²) < 4.78 is 6.01. The van der Waals surface area contributed by atoms with Crippen LogP contribution >= 0.6 is 0 Å². The first-order chi connectivity index (χ1) is 22.9. The molecule has 0 bridgehead atoms. The second kappa shape index (κ2) is 35.4. The number of hydrogen-bond acceptors (Lipinski definition) is 5. The quantitative estimate of drug-likeness (QED) is 0.0348. The number of nitrogens with two attached hydrogens (primary N) is 1. The van der Waals surface area contributed by atoms with Crippen LogP contribution in [0, 0.1) is 0 Å². The summed E-state index contributed by atoms with van der Waals surface area (Å²) in [5.74, 6) is -1.23. The fraction of sp³-hybridized carbons (Fsp3) is 0.875. The number of carbonyl (C=O) groups is 3. The van der Waals surface area contributed by atoms with Gasteiger partial charge in [-0.3, -0.25) is 9.59 Å². The minimum absolute atomic E-state index is 0.0171. The number of ether oxygens (including phenoxy) is 1. The van der Waals surface area contributed by atoms with Crippen LogP contribution in [0.2, 0.25) is 0 Å². The summed E-state index contributed by atoms with van der Waals surface area (Å²) in [6.07, 6.45) is 36.8. The van der Waals surface area contributed by atoms with E-state index < -0.39 is 12.0 Å². The molecule has 0 aliphatic heterocycles. The number of unbranched alkanes of at least 4 members (excludes halogenated alkanes) is 20. The van der Waals surface area contributed by atoms with Crippen molar-refractivity contribution in [1.29, 1.82) is 0 Å². The Morgan fingerprint density at radius 3 is 1.57 bits per heavy atom. The number of nitrogens with one attached hydrogen (secondary N) is 1. The molecule has 0 fully saturated rings. The molecule has 2 unspecified atom stereocenters. The van der Waals surface area contributed by atoms with E-state index in [2.05, 4.69) is 31.3 Å². The molecule has 0 saturated heterocycles. The number of allylic oxidation sites excluding steroid dienone is 2. The molecule has 0 aromatic heterocycles. The molecule has 0 rings (SSSR count). The van der Waals surface area contributed by atoms with Crippen molar-refractivity contribution < 1.29 is 24.2 Å². The lowest BCUT2D eigenvalue weighted by atomic mass is 10.0. The van der Waals surface area contributed by atoms with E-state index in [9.17, 15) is 19.5 Å². The molecule has 1 amide bonds. The van der Waals surface area contributed by atoms with Gasteiger partial charge in [0.05, 0.1) is 0 Å². The van der Waals surface area contributed by atoms with Crippen LogP contribution in [0.5, 0.6) is 0 Å². The van der Waals surface area contributed by atoms with Crippen molar-refractivity contribution in [3.05, 3.63) is 12.2 Å². The number of carboxylic acid groups (broad SMARTS) is 1. The molecular formula is C40H76N2O5. The normalized spacial score (nSPS) is 12.7. The Kier molecular flexibility index (Phi) is 34.0. The number of rotatable bonds is 36. The third-order valence-electron chi connectivity index (χ3n) is 9.08. The van der Waals surface area contributed by atoms with E-state index in [0.29, 0.717) is 32.2 Å². The van der Waals surface area contributed by atoms with Gasteiger partial charge in [0.15, 0.2) is 0 Å². The fourth-order valence-corrected chi connectivity index (χ4v) is 6.03. The summed E-state index contributed by atoms with van der Waals surface area (Å²) >= 11 is 0. The van der Waals surface area contributed by atoms with Crippen molar-refractivity contribution in [1.82, 2.24) is 5.32 Å². The SMILES string of the molecule is CCCCC/C=C\CCCCCCCC(=O)OC(CCCCCCCCCCC)CCCCCCCC(=O)NC(CCCN)C(=O)O. The van der Waals surface area contributed by atoms with Crippen molar-refractivity contribution in [2.45, 2.75) is 219 Å². The lowest BCUT2D eigenvalue weighted by molar-refractivity contribution is -0.150. The fourth-order valence-electron chi connectivity index (χ4n) is 6.03. The lowest BCUT2D eigenvalue weighted by Crippen LogP contribution is -2.40.